The van der Waals surface area contributed by atoms with Crippen LogP contribution in [-0.2, 0) is 9.59 Å². The van der Waals surface area contributed by atoms with Gasteiger partial charge in [0.25, 0.3) is 11.8 Å². The molecule has 50 heavy (non-hydrogen) atoms. The number of anilines is 2. The molecule has 4 aromatic carbocycles. The fourth-order valence-corrected chi connectivity index (χ4v) is 5.92. The Bertz CT molecular complexity index is 1950. The lowest BCUT2D eigenvalue weighted by Gasteiger charge is -2.17. The molecule has 5 rings (SSSR count). The lowest BCUT2D eigenvalue weighted by molar-refractivity contribution is -0.116. The molecular formula is C38H33ClN4O6S. The van der Waals surface area contributed by atoms with Crippen LogP contribution in [0.5, 0.6) is 17.2 Å². The van der Waals surface area contributed by atoms with E-state index in [1.807, 2.05) is 30.3 Å². The number of thioether (sulfide) groups is 1. The van der Waals surface area contributed by atoms with Crippen molar-refractivity contribution in [3.63, 3.8) is 0 Å². The summed E-state index contributed by atoms with van der Waals surface area (Å²) in [4.78, 5) is 45.2. The van der Waals surface area contributed by atoms with Crippen molar-refractivity contribution in [2.45, 2.75) is 10.1 Å². The summed E-state index contributed by atoms with van der Waals surface area (Å²) in [6, 6.07) is 31.6. The van der Waals surface area contributed by atoms with Gasteiger partial charge in [0, 0.05) is 22.3 Å². The second-order valence-corrected chi connectivity index (χ2v) is 12.2. The van der Waals surface area contributed by atoms with E-state index in [0.29, 0.717) is 44.9 Å². The number of halogens is 1. The van der Waals surface area contributed by atoms with E-state index in [1.54, 1.807) is 78.9 Å². The molecule has 1 aromatic heterocycles. The summed E-state index contributed by atoms with van der Waals surface area (Å²) >= 11 is 7.29. The molecule has 10 nitrogen and oxygen atoms in total. The minimum Gasteiger partial charge on any atom is -0.493 e. The van der Waals surface area contributed by atoms with Crippen LogP contribution in [-0.4, -0.2) is 44.0 Å². The van der Waals surface area contributed by atoms with E-state index < -0.39 is 17.1 Å². The standard InChI is InChI=1S/C38H33ClN4O6S/c1-47-31-21-24(22-32(48-2)34(31)49-3)20-30(42-36(44)26-12-8-5-9-13-26)37(45)41-28-15-17-29(18-16-28)50-35(25-10-6-4-7-11-25)38(46)43-33-19-14-27(39)23-40-33/h4-23,35H,1-3H3,(H,41,45)(H,42,44)(H,40,43,46)/b30-20-. The summed E-state index contributed by atoms with van der Waals surface area (Å²) in [5.74, 6) is 0.237. The van der Waals surface area contributed by atoms with Crippen molar-refractivity contribution in [3.8, 4) is 17.2 Å². The van der Waals surface area contributed by atoms with Crippen LogP contribution in [0.25, 0.3) is 6.08 Å². The SMILES string of the molecule is COc1cc(/C=C(\NC(=O)c2ccccc2)C(=O)Nc2ccc(SC(C(=O)Nc3ccc(Cl)cn3)c3ccccc3)cc2)cc(OC)c1OC. The summed E-state index contributed by atoms with van der Waals surface area (Å²) in [5.41, 5.74) is 2.14. The number of hydrogen-bond donors (Lipinski definition) is 3. The molecule has 0 radical (unpaired) electrons. The van der Waals surface area contributed by atoms with Gasteiger partial charge < -0.3 is 30.2 Å². The van der Waals surface area contributed by atoms with Gasteiger partial charge in [0.1, 0.15) is 16.8 Å². The van der Waals surface area contributed by atoms with Crippen molar-refractivity contribution < 1.29 is 28.6 Å². The number of benzene rings is 4. The molecular weight excluding hydrogens is 676 g/mol. The Morgan fingerprint density at radius 1 is 0.780 bits per heavy atom. The molecule has 0 aliphatic carbocycles. The van der Waals surface area contributed by atoms with Crippen molar-refractivity contribution in [2.24, 2.45) is 0 Å². The molecule has 0 fully saturated rings. The van der Waals surface area contributed by atoms with E-state index in [0.717, 1.165) is 10.5 Å². The molecule has 1 unspecified atom stereocenters. The summed E-state index contributed by atoms with van der Waals surface area (Å²) in [6.07, 6.45) is 2.98. The van der Waals surface area contributed by atoms with Crippen molar-refractivity contribution in [2.75, 3.05) is 32.0 Å². The van der Waals surface area contributed by atoms with Crippen molar-refractivity contribution in [1.29, 1.82) is 0 Å². The van der Waals surface area contributed by atoms with Gasteiger partial charge in [-0.2, -0.15) is 0 Å². The van der Waals surface area contributed by atoms with E-state index in [4.69, 9.17) is 25.8 Å². The first-order valence-corrected chi connectivity index (χ1v) is 16.5. The number of hydrogen-bond acceptors (Lipinski definition) is 8. The predicted octanol–water partition coefficient (Wildman–Crippen LogP) is 7.64. The molecule has 0 spiro atoms. The Labute approximate surface area is 298 Å². The maximum absolute atomic E-state index is 13.7. The number of amides is 3. The van der Waals surface area contributed by atoms with Gasteiger partial charge in [-0.05, 0) is 77.9 Å². The Morgan fingerprint density at radius 2 is 1.42 bits per heavy atom. The number of carbonyl (C=O) groups is 3. The number of methoxy groups -OCH3 is 3. The van der Waals surface area contributed by atoms with Gasteiger partial charge in [0.2, 0.25) is 11.7 Å². The quantitative estimate of drug-likeness (QED) is 0.0841. The normalized spacial score (nSPS) is 11.6. The molecule has 0 saturated carbocycles. The van der Waals surface area contributed by atoms with Crippen molar-refractivity contribution in [1.82, 2.24) is 10.3 Å². The van der Waals surface area contributed by atoms with Gasteiger partial charge in [0.05, 0.1) is 26.4 Å². The van der Waals surface area contributed by atoms with Crippen LogP contribution >= 0.6 is 23.4 Å². The molecule has 0 saturated heterocycles. The molecule has 1 heterocycles. The molecule has 1 atom stereocenters. The number of ether oxygens (including phenoxy) is 3. The first-order chi connectivity index (χ1) is 24.3. The molecule has 3 N–H and O–H groups in total. The lowest BCUT2D eigenvalue weighted by atomic mass is 10.1. The second-order valence-electron chi connectivity index (χ2n) is 10.6. The smallest absolute Gasteiger partial charge is 0.272 e. The summed E-state index contributed by atoms with van der Waals surface area (Å²) < 4.78 is 16.4. The highest BCUT2D eigenvalue weighted by molar-refractivity contribution is 8.00. The van der Waals surface area contributed by atoms with Crippen molar-refractivity contribution in [3.05, 3.63) is 143 Å². The van der Waals surface area contributed by atoms with Gasteiger partial charge in [-0.15, -0.1) is 11.8 Å². The molecule has 12 heteroatoms. The average Bonchev–Trinajstić information content (AvgIpc) is 3.15. The number of pyridine rings is 1. The highest BCUT2D eigenvalue weighted by atomic mass is 35.5. The third kappa shape index (κ3) is 9.22. The van der Waals surface area contributed by atoms with Crippen LogP contribution < -0.4 is 30.2 Å². The maximum Gasteiger partial charge on any atom is 0.272 e. The van der Waals surface area contributed by atoms with Crippen LogP contribution in [0, 0.1) is 0 Å². The first-order valence-electron chi connectivity index (χ1n) is 15.2. The van der Waals surface area contributed by atoms with Gasteiger partial charge in [-0.1, -0.05) is 60.1 Å². The van der Waals surface area contributed by atoms with Gasteiger partial charge in [0.15, 0.2) is 11.5 Å². The first kappa shape index (κ1) is 35.5. The summed E-state index contributed by atoms with van der Waals surface area (Å²) in [7, 11) is 4.47. The molecule has 0 bridgehead atoms. The van der Waals surface area contributed by atoms with Crippen LogP contribution in [0.4, 0.5) is 11.5 Å². The van der Waals surface area contributed by atoms with Crippen LogP contribution in [0.2, 0.25) is 5.02 Å². The van der Waals surface area contributed by atoms with E-state index in [1.165, 1.54) is 45.4 Å². The summed E-state index contributed by atoms with van der Waals surface area (Å²) in [6.45, 7) is 0. The van der Waals surface area contributed by atoms with E-state index in [2.05, 4.69) is 20.9 Å². The Morgan fingerprint density at radius 3 is 2.00 bits per heavy atom. The topological polar surface area (TPSA) is 128 Å². The van der Waals surface area contributed by atoms with Crippen molar-refractivity contribution >= 4 is 58.7 Å². The molecule has 0 aliphatic rings. The monoisotopic (exact) mass is 708 g/mol. The third-order valence-electron chi connectivity index (χ3n) is 7.21. The number of aromatic nitrogens is 1. The van der Waals surface area contributed by atoms with Gasteiger partial charge >= 0.3 is 0 Å². The Hall–Kier alpha value is -5.78. The fraction of sp³-hybridized carbons (Fsp3) is 0.105. The largest absolute Gasteiger partial charge is 0.493 e. The lowest BCUT2D eigenvalue weighted by Crippen LogP contribution is -2.30. The fourth-order valence-electron chi connectivity index (χ4n) is 4.79. The zero-order chi connectivity index (χ0) is 35.5. The third-order valence-corrected chi connectivity index (χ3v) is 8.70. The minimum atomic E-state index is -0.602. The van der Waals surface area contributed by atoms with Crippen LogP contribution in [0.15, 0.2) is 126 Å². The second kappa shape index (κ2) is 17.0. The van der Waals surface area contributed by atoms with E-state index in [-0.39, 0.29) is 11.6 Å². The number of nitrogens with zero attached hydrogens (tertiary/aromatic N) is 1. The predicted molar refractivity (Wildman–Crippen MR) is 196 cm³/mol. The maximum atomic E-state index is 13.7. The zero-order valence-electron chi connectivity index (χ0n) is 27.3. The number of carbonyl (C=O) groups excluding carboxylic acids is 3. The zero-order valence-corrected chi connectivity index (χ0v) is 28.9. The number of nitrogens with one attached hydrogen (secondary N) is 3. The molecule has 5 aromatic rings. The van der Waals surface area contributed by atoms with Gasteiger partial charge in [-0.25, -0.2) is 4.98 Å². The summed E-state index contributed by atoms with van der Waals surface area (Å²) in [5, 5.41) is 8.31. The number of rotatable bonds is 13. The highest BCUT2D eigenvalue weighted by Gasteiger charge is 2.23. The van der Waals surface area contributed by atoms with Crippen LogP contribution in [0.1, 0.15) is 26.7 Å². The van der Waals surface area contributed by atoms with E-state index >= 15 is 0 Å². The average molecular weight is 709 g/mol. The molecule has 0 aliphatic heterocycles. The molecule has 254 valence electrons. The Balaban J connectivity index is 1.38. The van der Waals surface area contributed by atoms with E-state index in [9.17, 15) is 14.4 Å². The Kier molecular flexibility index (Phi) is 12.1. The van der Waals surface area contributed by atoms with Crippen LogP contribution in [0.3, 0.4) is 0 Å². The highest BCUT2D eigenvalue weighted by Crippen LogP contribution is 2.39. The minimum absolute atomic E-state index is 0.0248. The molecule has 3 amide bonds. The van der Waals surface area contributed by atoms with Gasteiger partial charge in [-0.3, -0.25) is 14.4 Å².